The minimum atomic E-state index is -0.653. The summed E-state index contributed by atoms with van der Waals surface area (Å²) < 4.78 is 13.1. The third-order valence-corrected chi connectivity index (χ3v) is 6.84. The Morgan fingerprint density at radius 3 is 2.17 bits per heavy atom. The summed E-state index contributed by atoms with van der Waals surface area (Å²) in [4.78, 5) is 52.7. The molecule has 1 fully saturated rings. The van der Waals surface area contributed by atoms with E-state index < -0.39 is 17.2 Å². The van der Waals surface area contributed by atoms with Crippen molar-refractivity contribution in [3.63, 3.8) is 0 Å². The van der Waals surface area contributed by atoms with Crippen molar-refractivity contribution in [1.29, 1.82) is 0 Å². The number of nitrogens with zero attached hydrogens (tertiary/aromatic N) is 2. The van der Waals surface area contributed by atoms with Crippen molar-refractivity contribution in [2.24, 2.45) is 0 Å². The van der Waals surface area contributed by atoms with Crippen molar-refractivity contribution in [2.45, 2.75) is 38.9 Å². The smallest absolute Gasteiger partial charge is 0.332 e. The SMILES string of the molecule is COc1cc2c(=O)n(Cc3ccc(C(=O)NC4CC4)cc3)c(=O)n(CC(=O)Nc3ccc(C)cc3)c2cc1OC. The fourth-order valence-corrected chi connectivity index (χ4v) is 4.46. The number of amides is 2. The van der Waals surface area contributed by atoms with E-state index in [1.54, 1.807) is 36.4 Å². The normalized spacial score (nSPS) is 12.7. The van der Waals surface area contributed by atoms with Crippen LogP contribution in [0.3, 0.4) is 0 Å². The van der Waals surface area contributed by atoms with E-state index in [0.717, 1.165) is 23.0 Å². The molecule has 40 heavy (non-hydrogen) atoms. The van der Waals surface area contributed by atoms with E-state index in [2.05, 4.69) is 10.6 Å². The van der Waals surface area contributed by atoms with Crippen molar-refractivity contribution < 1.29 is 19.1 Å². The molecule has 0 radical (unpaired) electrons. The van der Waals surface area contributed by atoms with Crippen LogP contribution in [-0.4, -0.2) is 41.2 Å². The first-order chi connectivity index (χ1) is 19.3. The number of carbonyl (C=O) groups excluding carboxylic acids is 2. The van der Waals surface area contributed by atoms with E-state index in [0.29, 0.717) is 28.3 Å². The minimum Gasteiger partial charge on any atom is -0.493 e. The summed E-state index contributed by atoms with van der Waals surface area (Å²) >= 11 is 0. The van der Waals surface area contributed by atoms with Crippen LogP contribution in [0.15, 0.2) is 70.3 Å². The molecular formula is C30H30N4O6. The molecule has 0 bridgehead atoms. The van der Waals surface area contributed by atoms with Gasteiger partial charge in [-0.1, -0.05) is 29.8 Å². The number of hydrogen-bond donors (Lipinski definition) is 2. The van der Waals surface area contributed by atoms with Gasteiger partial charge in [-0.05, 0) is 55.7 Å². The largest absolute Gasteiger partial charge is 0.493 e. The molecule has 3 aromatic carbocycles. The van der Waals surface area contributed by atoms with Gasteiger partial charge in [0.2, 0.25) is 5.91 Å². The molecule has 2 amide bonds. The topological polar surface area (TPSA) is 121 Å². The maximum Gasteiger partial charge on any atom is 0.332 e. The van der Waals surface area contributed by atoms with E-state index >= 15 is 0 Å². The molecule has 5 rings (SSSR count). The average molecular weight is 543 g/mol. The maximum atomic E-state index is 13.7. The van der Waals surface area contributed by atoms with E-state index in [9.17, 15) is 19.2 Å². The van der Waals surface area contributed by atoms with Crippen molar-refractivity contribution >= 4 is 28.4 Å². The molecule has 206 valence electrons. The number of aromatic nitrogens is 2. The highest BCUT2D eigenvalue weighted by molar-refractivity contribution is 5.94. The third-order valence-electron chi connectivity index (χ3n) is 6.84. The summed E-state index contributed by atoms with van der Waals surface area (Å²) in [6.45, 7) is 1.56. The Balaban J connectivity index is 1.53. The highest BCUT2D eigenvalue weighted by Crippen LogP contribution is 2.30. The summed E-state index contributed by atoms with van der Waals surface area (Å²) in [6.07, 6.45) is 1.97. The van der Waals surface area contributed by atoms with Crippen LogP contribution in [0.2, 0.25) is 0 Å². The predicted octanol–water partition coefficient (Wildman–Crippen LogP) is 3.07. The first-order valence-corrected chi connectivity index (χ1v) is 12.9. The van der Waals surface area contributed by atoms with Crippen molar-refractivity contribution in [2.75, 3.05) is 19.5 Å². The molecule has 1 aromatic heterocycles. The lowest BCUT2D eigenvalue weighted by atomic mass is 10.1. The fourth-order valence-electron chi connectivity index (χ4n) is 4.46. The molecule has 1 heterocycles. The number of benzene rings is 3. The highest BCUT2D eigenvalue weighted by atomic mass is 16.5. The Bertz CT molecular complexity index is 1700. The Kier molecular flexibility index (Phi) is 7.41. The molecule has 10 nitrogen and oxygen atoms in total. The predicted molar refractivity (Wildman–Crippen MR) is 151 cm³/mol. The van der Waals surface area contributed by atoms with Gasteiger partial charge in [0, 0.05) is 23.4 Å². The van der Waals surface area contributed by atoms with Gasteiger partial charge in [-0.15, -0.1) is 0 Å². The summed E-state index contributed by atoms with van der Waals surface area (Å²) in [5, 5.41) is 5.93. The number of aryl methyl sites for hydroxylation is 1. The molecule has 0 unspecified atom stereocenters. The lowest BCUT2D eigenvalue weighted by molar-refractivity contribution is -0.116. The van der Waals surface area contributed by atoms with E-state index in [1.165, 1.54) is 30.9 Å². The molecule has 1 aliphatic carbocycles. The van der Waals surface area contributed by atoms with E-state index in [-0.39, 0.29) is 35.9 Å². The van der Waals surface area contributed by atoms with Crippen LogP contribution in [-0.2, 0) is 17.9 Å². The standard InChI is InChI=1S/C30H30N4O6/c1-18-4-10-21(11-5-18)31-27(35)17-33-24-15-26(40-3)25(39-2)14-23(24)29(37)34(30(33)38)16-19-6-8-20(9-7-19)28(36)32-22-12-13-22/h4-11,14-15,22H,12-13,16-17H2,1-3H3,(H,31,35)(H,32,36). The van der Waals surface area contributed by atoms with Gasteiger partial charge >= 0.3 is 5.69 Å². The van der Waals surface area contributed by atoms with Gasteiger partial charge in [0.15, 0.2) is 11.5 Å². The number of fused-ring (bicyclic) bond motifs is 1. The fraction of sp³-hybridized carbons (Fsp3) is 0.267. The number of carbonyl (C=O) groups is 2. The quantitative estimate of drug-likeness (QED) is 0.335. The van der Waals surface area contributed by atoms with Crippen molar-refractivity contribution in [3.05, 3.63) is 98.2 Å². The van der Waals surface area contributed by atoms with Crippen LogP contribution in [0.25, 0.3) is 10.9 Å². The molecule has 0 atom stereocenters. The van der Waals surface area contributed by atoms with Crippen molar-refractivity contribution in [3.8, 4) is 11.5 Å². The second kappa shape index (κ2) is 11.1. The van der Waals surface area contributed by atoms with Gasteiger partial charge in [0.25, 0.3) is 11.5 Å². The number of hydrogen-bond acceptors (Lipinski definition) is 6. The molecule has 2 N–H and O–H groups in total. The second-order valence-corrected chi connectivity index (χ2v) is 9.84. The molecule has 0 aliphatic heterocycles. The van der Waals surface area contributed by atoms with Gasteiger partial charge < -0.3 is 20.1 Å². The van der Waals surface area contributed by atoms with Crippen LogP contribution >= 0.6 is 0 Å². The van der Waals surface area contributed by atoms with Gasteiger partial charge in [-0.25, -0.2) is 4.79 Å². The Labute approximate surface area is 230 Å². The minimum absolute atomic E-state index is 0.0495. The first-order valence-electron chi connectivity index (χ1n) is 12.9. The summed E-state index contributed by atoms with van der Waals surface area (Å²) in [6, 6.07) is 17.3. The van der Waals surface area contributed by atoms with Gasteiger partial charge in [-0.2, -0.15) is 0 Å². The maximum absolute atomic E-state index is 13.7. The van der Waals surface area contributed by atoms with Crippen LogP contribution < -0.4 is 31.4 Å². The van der Waals surface area contributed by atoms with Crippen LogP contribution in [0.4, 0.5) is 5.69 Å². The van der Waals surface area contributed by atoms with E-state index in [1.807, 2.05) is 19.1 Å². The van der Waals surface area contributed by atoms with Crippen molar-refractivity contribution in [1.82, 2.24) is 14.5 Å². The second-order valence-electron chi connectivity index (χ2n) is 9.84. The Hall–Kier alpha value is -4.86. The van der Waals surface area contributed by atoms with Crippen LogP contribution in [0.1, 0.15) is 34.3 Å². The zero-order valence-electron chi connectivity index (χ0n) is 22.5. The van der Waals surface area contributed by atoms with Crippen LogP contribution in [0.5, 0.6) is 11.5 Å². The number of methoxy groups -OCH3 is 2. The van der Waals surface area contributed by atoms with Gasteiger partial charge in [0.05, 0.1) is 31.7 Å². The molecule has 4 aromatic rings. The number of rotatable bonds is 9. The van der Waals surface area contributed by atoms with E-state index in [4.69, 9.17) is 9.47 Å². The molecule has 0 spiro atoms. The zero-order chi connectivity index (χ0) is 28.4. The monoisotopic (exact) mass is 542 g/mol. The average Bonchev–Trinajstić information content (AvgIpc) is 3.78. The lowest BCUT2D eigenvalue weighted by Crippen LogP contribution is -2.42. The first kappa shape index (κ1) is 26.7. The molecule has 0 saturated heterocycles. The lowest BCUT2D eigenvalue weighted by Gasteiger charge is -2.16. The summed E-state index contributed by atoms with van der Waals surface area (Å²) in [5.74, 6) is 0.0523. The number of anilines is 1. The van der Waals surface area contributed by atoms with Gasteiger partial charge in [-0.3, -0.25) is 23.5 Å². The molecule has 1 saturated carbocycles. The highest BCUT2D eigenvalue weighted by Gasteiger charge is 2.24. The summed E-state index contributed by atoms with van der Waals surface area (Å²) in [5.41, 5.74) is 1.85. The zero-order valence-corrected chi connectivity index (χ0v) is 22.5. The molecular weight excluding hydrogens is 512 g/mol. The molecule has 1 aliphatic rings. The number of nitrogens with one attached hydrogen (secondary N) is 2. The Morgan fingerprint density at radius 2 is 1.55 bits per heavy atom. The third kappa shape index (κ3) is 5.61. The number of ether oxygens (including phenoxy) is 2. The summed E-state index contributed by atoms with van der Waals surface area (Å²) in [7, 11) is 2.90. The van der Waals surface area contributed by atoms with Gasteiger partial charge in [0.1, 0.15) is 6.54 Å². The van der Waals surface area contributed by atoms with Crippen LogP contribution in [0, 0.1) is 6.92 Å². The Morgan fingerprint density at radius 1 is 0.900 bits per heavy atom. The molecule has 10 heteroatoms.